The molecule has 2 aliphatic heterocycles. The highest BCUT2D eigenvalue weighted by Gasteiger charge is 2.54. The average molecular weight is 603 g/mol. The second-order valence-electron chi connectivity index (χ2n) is 9.61. The van der Waals surface area contributed by atoms with Crippen LogP contribution in [0.5, 0.6) is 0 Å². The van der Waals surface area contributed by atoms with Crippen LogP contribution in [0.15, 0.2) is 0 Å². The number of hydrogen-bond acceptors (Lipinski definition) is 16. The SMILES string of the molecule is CC(=O)NC1C(OC2C(C(=O)O)OC(O[C@H]([C@H](O)[C@H](CO)NC(C)=O)[C@H](O)CO)C(O)C2O)OC(CO)C(O)C1O. The standard InChI is InChI=1S/C22H38N2O17/c1-6(28)23-8(3-25)12(31)17(9(30)4-26)39-22-16(35)15(34)18(19(41-22)20(36)37)40-21-11(24-7(2)29)14(33)13(32)10(5-27)38-21/h8-19,21-22,25-27,30-35H,3-5H2,1-2H3,(H,23,28)(H,24,29)(H,36,37)/t8-,9+,10?,11?,12+,13?,14?,15?,16?,17-,18?,19?,21?,22?/m0/s1. The van der Waals surface area contributed by atoms with Crippen molar-refractivity contribution in [3.63, 3.8) is 0 Å². The first kappa shape index (κ1) is 35.1. The van der Waals surface area contributed by atoms with E-state index in [4.69, 9.17) is 18.9 Å². The molecule has 2 fully saturated rings. The van der Waals surface area contributed by atoms with Crippen LogP contribution in [0.4, 0.5) is 0 Å². The van der Waals surface area contributed by atoms with Crippen LogP contribution in [0.25, 0.3) is 0 Å². The highest BCUT2D eigenvalue weighted by Crippen LogP contribution is 2.31. The average Bonchev–Trinajstić information content (AvgIpc) is 2.91. The Morgan fingerprint density at radius 2 is 1.49 bits per heavy atom. The predicted molar refractivity (Wildman–Crippen MR) is 127 cm³/mol. The summed E-state index contributed by atoms with van der Waals surface area (Å²) in [5, 5.41) is 106. The van der Waals surface area contributed by atoms with Gasteiger partial charge in [0.15, 0.2) is 18.7 Å². The number of carboxylic acids is 1. The van der Waals surface area contributed by atoms with Crippen molar-refractivity contribution in [1.82, 2.24) is 10.6 Å². The lowest BCUT2D eigenvalue weighted by Gasteiger charge is -2.47. The number of amides is 2. The molecule has 10 unspecified atom stereocenters. The van der Waals surface area contributed by atoms with Crippen molar-refractivity contribution in [3.8, 4) is 0 Å². The van der Waals surface area contributed by atoms with E-state index in [1.807, 2.05) is 0 Å². The van der Waals surface area contributed by atoms with Gasteiger partial charge in [-0.3, -0.25) is 9.59 Å². The van der Waals surface area contributed by atoms with E-state index in [-0.39, 0.29) is 0 Å². The summed E-state index contributed by atoms with van der Waals surface area (Å²) in [6.45, 7) is -0.625. The maximum atomic E-state index is 12.1. The number of carbonyl (C=O) groups excluding carboxylic acids is 2. The lowest BCUT2D eigenvalue weighted by molar-refractivity contribution is -0.351. The minimum absolute atomic E-state index is 0.695. The lowest BCUT2D eigenvalue weighted by Crippen LogP contribution is -2.68. The minimum Gasteiger partial charge on any atom is -0.479 e. The van der Waals surface area contributed by atoms with E-state index in [2.05, 4.69) is 10.6 Å². The van der Waals surface area contributed by atoms with E-state index in [0.29, 0.717) is 0 Å². The number of hydrogen-bond donors (Lipinski definition) is 12. The maximum Gasteiger partial charge on any atom is 0.335 e. The molecule has 41 heavy (non-hydrogen) atoms. The smallest absolute Gasteiger partial charge is 0.335 e. The van der Waals surface area contributed by atoms with Crippen LogP contribution in [0, 0.1) is 0 Å². The maximum absolute atomic E-state index is 12.1. The zero-order chi connectivity index (χ0) is 31.2. The Bertz CT molecular complexity index is 881. The van der Waals surface area contributed by atoms with Crippen molar-refractivity contribution in [1.29, 1.82) is 0 Å². The Hall–Kier alpha value is -2.11. The van der Waals surface area contributed by atoms with Gasteiger partial charge in [0.25, 0.3) is 0 Å². The summed E-state index contributed by atoms with van der Waals surface area (Å²) in [5.41, 5.74) is 0. The van der Waals surface area contributed by atoms with Crippen LogP contribution in [0.2, 0.25) is 0 Å². The summed E-state index contributed by atoms with van der Waals surface area (Å²) in [7, 11) is 0. The second-order valence-corrected chi connectivity index (χ2v) is 9.61. The van der Waals surface area contributed by atoms with Gasteiger partial charge in [-0.15, -0.1) is 0 Å². The number of nitrogens with one attached hydrogen (secondary N) is 2. The molecule has 12 N–H and O–H groups in total. The molecule has 0 aliphatic carbocycles. The van der Waals surface area contributed by atoms with Crippen molar-refractivity contribution in [2.75, 3.05) is 19.8 Å². The lowest BCUT2D eigenvalue weighted by atomic mass is 9.95. The van der Waals surface area contributed by atoms with Crippen LogP contribution in [0.3, 0.4) is 0 Å². The monoisotopic (exact) mass is 602 g/mol. The second kappa shape index (κ2) is 15.4. The zero-order valence-corrected chi connectivity index (χ0v) is 22.0. The predicted octanol–water partition coefficient (Wildman–Crippen LogP) is -7.56. The number of carbonyl (C=O) groups is 3. The summed E-state index contributed by atoms with van der Waals surface area (Å²) >= 11 is 0. The fourth-order valence-corrected chi connectivity index (χ4v) is 4.43. The first-order chi connectivity index (χ1) is 19.2. The minimum atomic E-state index is -2.18. The first-order valence-corrected chi connectivity index (χ1v) is 12.5. The molecule has 238 valence electrons. The van der Waals surface area contributed by atoms with Gasteiger partial charge in [-0.1, -0.05) is 0 Å². The van der Waals surface area contributed by atoms with E-state index in [1.165, 1.54) is 0 Å². The Morgan fingerprint density at radius 1 is 0.854 bits per heavy atom. The van der Waals surface area contributed by atoms with E-state index >= 15 is 0 Å². The molecule has 19 nitrogen and oxygen atoms in total. The van der Waals surface area contributed by atoms with E-state index in [1.54, 1.807) is 0 Å². The van der Waals surface area contributed by atoms with E-state index in [0.717, 1.165) is 13.8 Å². The van der Waals surface area contributed by atoms with Gasteiger partial charge in [0, 0.05) is 13.8 Å². The fraction of sp³-hybridized carbons (Fsp3) is 0.864. The topological polar surface area (TPSA) is 314 Å². The van der Waals surface area contributed by atoms with Crippen molar-refractivity contribution in [2.24, 2.45) is 0 Å². The van der Waals surface area contributed by atoms with Crippen molar-refractivity contribution in [2.45, 2.75) is 99.6 Å². The molecule has 2 heterocycles. The third-order valence-corrected chi connectivity index (χ3v) is 6.52. The molecule has 0 aromatic heterocycles. The molecule has 2 aliphatic rings. The van der Waals surface area contributed by atoms with Crippen molar-refractivity contribution < 1.29 is 84.4 Å². The molecule has 0 aromatic rings. The zero-order valence-electron chi connectivity index (χ0n) is 22.0. The van der Waals surface area contributed by atoms with Crippen LogP contribution < -0.4 is 10.6 Å². The molecule has 19 heteroatoms. The highest BCUT2D eigenvalue weighted by molar-refractivity contribution is 5.74. The molecule has 0 bridgehead atoms. The summed E-state index contributed by atoms with van der Waals surface area (Å²) in [4.78, 5) is 35.1. The van der Waals surface area contributed by atoms with Crippen LogP contribution in [-0.2, 0) is 33.3 Å². The third-order valence-electron chi connectivity index (χ3n) is 6.52. The van der Waals surface area contributed by atoms with Crippen LogP contribution >= 0.6 is 0 Å². The molecule has 0 radical (unpaired) electrons. The van der Waals surface area contributed by atoms with Gasteiger partial charge >= 0.3 is 5.97 Å². The van der Waals surface area contributed by atoms with Crippen LogP contribution in [0.1, 0.15) is 13.8 Å². The fourth-order valence-electron chi connectivity index (χ4n) is 4.43. The summed E-state index contributed by atoms with van der Waals surface area (Å²) in [6, 6.07) is -2.99. The van der Waals surface area contributed by atoms with Gasteiger partial charge in [-0.05, 0) is 0 Å². The number of rotatable bonds is 13. The Morgan fingerprint density at radius 3 is 1.98 bits per heavy atom. The Balaban J connectivity index is 2.33. The van der Waals surface area contributed by atoms with E-state index < -0.39 is 123 Å². The molecule has 2 rings (SSSR count). The number of aliphatic hydroxyl groups excluding tert-OH is 9. The van der Waals surface area contributed by atoms with Gasteiger partial charge in [-0.2, -0.15) is 0 Å². The molecule has 2 saturated heterocycles. The van der Waals surface area contributed by atoms with Gasteiger partial charge in [-0.25, -0.2) is 4.79 Å². The largest absolute Gasteiger partial charge is 0.479 e. The number of aliphatic hydroxyl groups is 9. The molecular weight excluding hydrogens is 564 g/mol. The summed E-state index contributed by atoms with van der Waals surface area (Å²) in [5.74, 6) is -3.21. The molecular formula is C22H38N2O17. The third kappa shape index (κ3) is 8.47. The van der Waals surface area contributed by atoms with E-state index in [9.17, 15) is 65.4 Å². The number of ether oxygens (including phenoxy) is 4. The van der Waals surface area contributed by atoms with Crippen molar-refractivity contribution >= 4 is 17.8 Å². The van der Waals surface area contributed by atoms with Gasteiger partial charge in [0.1, 0.15) is 61.0 Å². The Labute approximate surface area is 232 Å². The highest BCUT2D eigenvalue weighted by atomic mass is 16.7. The molecule has 14 atom stereocenters. The number of carboxylic acid groups (broad SMARTS) is 1. The number of aliphatic carboxylic acids is 1. The molecule has 2 amide bonds. The van der Waals surface area contributed by atoms with Gasteiger partial charge in [0.2, 0.25) is 11.8 Å². The summed E-state index contributed by atoms with van der Waals surface area (Å²) < 4.78 is 21.5. The molecule has 0 aromatic carbocycles. The van der Waals surface area contributed by atoms with Crippen LogP contribution in [-0.4, -0.2) is 174 Å². The normalized spacial score (nSPS) is 37.0. The van der Waals surface area contributed by atoms with Gasteiger partial charge < -0.3 is 80.6 Å². The molecule has 0 spiro atoms. The summed E-state index contributed by atoms with van der Waals surface area (Å²) in [6.07, 6.45) is -23.2. The Kier molecular flexibility index (Phi) is 13.2. The van der Waals surface area contributed by atoms with Crippen molar-refractivity contribution in [3.05, 3.63) is 0 Å². The quantitative estimate of drug-likeness (QED) is 0.0931. The first-order valence-electron chi connectivity index (χ1n) is 12.5. The van der Waals surface area contributed by atoms with Gasteiger partial charge in [0.05, 0.1) is 25.9 Å². The molecule has 0 saturated carbocycles.